The smallest absolute Gasteiger partial charge is 0.218 e. The molecule has 134 valence electrons. The van der Waals surface area contributed by atoms with Crippen LogP contribution in [0, 0.1) is 5.82 Å². The summed E-state index contributed by atoms with van der Waals surface area (Å²) >= 11 is 3.49. The average molecular weight is 416 g/mol. The van der Waals surface area contributed by atoms with Gasteiger partial charge in [-0.1, -0.05) is 26.0 Å². The minimum absolute atomic E-state index is 0.186. The van der Waals surface area contributed by atoms with E-state index in [4.69, 9.17) is 4.84 Å². The number of aromatic nitrogens is 2. The van der Waals surface area contributed by atoms with Crippen molar-refractivity contribution in [2.45, 2.75) is 44.4 Å². The zero-order valence-corrected chi connectivity index (χ0v) is 16.6. The van der Waals surface area contributed by atoms with E-state index in [1.807, 2.05) is 27.8 Å². The normalized spacial score (nSPS) is 27.8. The Morgan fingerprint density at radius 1 is 1.12 bits per heavy atom. The van der Waals surface area contributed by atoms with Gasteiger partial charge in [0.2, 0.25) is 5.72 Å². The molecule has 4 heterocycles. The summed E-state index contributed by atoms with van der Waals surface area (Å²) in [5, 5.41) is 6.53. The lowest BCUT2D eigenvalue weighted by atomic mass is 9.63. The first-order valence-corrected chi connectivity index (χ1v) is 9.43. The van der Waals surface area contributed by atoms with Crippen LogP contribution in [0.3, 0.4) is 0 Å². The van der Waals surface area contributed by atoms with E-state index >= 15 is 0 Å². The highest BCUT2D eigenvalue weighted by molar-refractivity contribution is 9.10. The molecule has 0 N–H and O–H groups in total. The number of hydroxylamine groups is 2. The van der Waals surface area contributed by atoms with Gasteiger partial charge in [-0.05, 0) is 54.0 Å². The van der Waals surface area contributed by atoms with Crippen molar-refractivity contribution < 1.29 is 9.23 Å². The monoisotopic (exact) mass is 415 g/mol. The van der Waals surface area contributed by atoms with Crippen LogP contribution in [0.1, 0.15) is 44.4 Å². The summed E-state index contributed by atoms with van der Waals surface area (Å²) in [5.41, 5.74) is 1.85. The molecule has 2 aromatic heterocycles. The molecule has 0 bridgehead atoms. The van der Waals surface area contributed by atoms with Crippen LogP contribution in [0.15, 0.2) is 47.2 Å². The molecular formula is C20H19BrFN3O. The maximum absolute atomic E-state index is 14.9. The Morgan fingerprint density at radius 3 is 2.65 bits per heavy atom. The van der Waals surface area contributed by atoms with E-state index in [0.29, 0.717) is 0 Å². The van der Waals surface area contributed by atoms with Gasteiger partial charge in [0.05, 0.1) is 17.3 Å². The summed E-state index contributed by atoms with van der Waals surface area (Å²) < 4.78 is 17.7. The van der Waals surface area contributed by atoms with Crippen LogP contribution < -0.4 is 0 Å². The van der Waals surface area contributed by atoms with Crippen molar-refractivity contribution in [2.75, 3.05) is 0 Å². The first-order valence-electron chi connectivity index (χ1n) is 8.64. The Balaban J connectivity index is 1.81. The number of halogens is 2. The fourth-order valence-electron chi connectivity index (χ4n) is 4.26. The Morgan fingerprint density at radius 2 is 1.88 bits per heavy atom. The van der Waals surface area contributed by atoms with Crippen molar-refractivity contribution in [3.63, 3.8) is 0 Å². The quantitative estimate of drug-likeness (QED) is 0.537. The van der Waals surface area contributed by atoms with E-state index in [2.05, 4.69) is 54.8 Å². The SMILES string of the molecule is CC1(C)c2c(F)cccc2C2(c3cnn4c(Br)ccc4c3)ON2C1(C)C. The highest BCUT2D eigenvalue weighted by Crippen LogP contribution is 2.64. The highest BCUT2D eigenvalue weighted by atomic mass is 79.9. The van der Waals surface area contributed by atoms with E-state index in [-0.39, 0.29) is 5.82 Å². The van der Waals surface area contributed by atoms with E-state index < -0.39 is 16.7 Å². The molecule has 26 heavy (non-hydrogen) atoms. The summed E-state index contributed by atoms with van der Waals surface area (Å²) in [4.78, 5) is 6.25. The summed E-state index contributed by atoms with van der Waals surface area (Å²) in [5.74, 6) is -0.186. The standard InChI is InChI=1S/C20H19BrFN3O/c1-18(2)17-14(6-5-7-15(17)22)20(25(26-20)19(18,3)4)12-10-13-8-9-16(21)24(13)23-11-12/h5-11H,1-4H3. The average Bonchev–Trinajstić information content (AvgIpc) is 3.27. The molecule has 5 rings (SSSR count). The summed E-state index contributed by atoms with van der Waals surface area (Å²) in [6.07, 6.45) is 1.81. The molecule has 4 nitrogen and oxygen atoms in total. The zero-order chi connectivity index (χ0) is 18.5. The van der Waals surface area contributed by atoms with Crippen molar-refractivity contribution >= 4 is 21.4 Å². The van der Waals surface area contributed by atoms with E-state index in [0.717, 1.165) is 26.8 Å². The van der Waals surface area contributed by atoms with Gasteiger partial charge < -0.3 is 0 Å². The van der Waals surface area contributed by atoms with Crippen LogP contribution in [-0.4, -0.2) is 20.2 Å². The van der Waals surface area contributed by atoms with Crippen LogP contribution in [0.25, 0.3) is 5.52 Å². The van der Waals surface area contributed by atoms with E-state index in [1.165, 1.54) is 6.07 Å². The lowest BCUT2D eigenvalue weighted by Crippen LogP contribution is -2.55. The Bertz CT molecular complexity index is 1070. The summed E-state index contributed by atoms with van der Waals surface area (Å²) in [7, 11) is 0. The fourth-order valence-corrected chi connectivity index (χ4v) is 4.69. The second-order valence-corrected chi connectivity index (χ2v) is 8.93. The van der Waals surface area contributed by atoms with Gasteiger partial charge >= 0.3 is 0 Å². The van der Waals surface area contributed by atoms with Gasteiger partial charge in [-0.2, -0.15) is 5.10 Å². The fraction of sp³-hybridized carbons (Fsp3) is 0.350. The maximum Gasteiger partial charge on any atom is 0.218 e. The number of fused-ring (bicyclic) bond motifs is 4. The first-order chi connectivity index (χ1) is 12.2. The summed E-state index contributed by atoms with van der Waals surface area (Å²) in [6, 6.07) is 11.3. The molecule has 0 saturated carbocycles. The number of hydrogen-bond acceptors (Lipinski definition) is 3. The molecular weight excluding hydrogens is 397 g/mol. The van der Waals surface area contributed by atoms with Gasteiger partial charge in [0.1, 0.15) is 10.4 Å². The number of benzene rings is 1. The Labute approximate surface area is 159 Å². The molecule has 6 heteroatoms. The van der Waals surface area contributed by atoms with Crippen molar-refractivity contribution in [2.24, 2.45) is 0 Å². The predicted molar refractivity (Wildman–Crippen MR) is 100 cm³/mol. The van der Waals surface area contributed by atoms with Crippen LogP contribution >= 0.6 is 15.9 Å². The van der Waals surface area contributed by atoms with Crippen LogP contribution in [0.4, 0.5) is 4.39 Å². The molecule has 2 aliphatic heterocycles. The second-order valence-electron chi connectivity index (χ2n) is 8.11. The third kappa shape index (κ3) is 1.73. The molecule has 1 fully saturated rings. The molecule has 0 spiro atoms. The minimum atomic E-state index is -0.790. The number of nitrogens with zero attached hydrogens (tertiary/aromatic N) is 3. The number of rotatable bonds is 1. The van der Waals surface area contributed by atoms with E-state index in [9.17, 15) is 4.39 Å². The molecule has 2 atom stereocenters. The molecule has 0 radical (unpaired) electrons. The third-order valence-electron chi connectivity index (χ3n) is 6.36. The number of hydrogen-bond donors (Lipinski definition) is 0. The van der Waals surface area contributed by atoms with Crippen molar-refractivity contribution in [1.82, 2.24) is 14.7 Å². The van der Waals surface area contributed by atoms with Gasteiger partial charge in [-0.3, -0.25) is 4.84 Å². The molecule has 3 aromatic rings. The van der Waals surface area contributed by atoms with E-state index in [1.54, 1.807) is 12.3 Å². The van der Waals surface area contributed by atoms with Gasteiger partial charge in [-0.15, -0.1) is 5.06 Å². The van der Waals surface area contributed by atoms with Gasteiger partial charge in [0, 0.05) is 22.1 Å². The molecule has 2 unspecified atom stereocenters. The van der Waals surface area contributed by atoms with Gasteiger partial charge in [-0.25, -0.2) is 8.91 Å². The largest absolute Gasteiger partial charge is 0.260 e. The van der Waals surface area contributed by atoms with Crippen LogP contribution in [-0.2, 0) is 16.0 Å². The molecule has 1 saturated heterocycles. The second kappa shape index (κ2) is 4.74. The lowest BCUT2D eigenvalue weighted by Gasteiger charge is -2.47. The van der Waals surface area contributed by atoms with Crippen molar-refractivity contribution in [3.05, 3.63) is 69.7 Å². The van der Waals surface area contributed by atoms with Crippen LogP contribution in [0.5, 0.6) is 0 Å². The molecule has 0 aliphatic carbocycles. The van der Waals surface area contributed by atoms with Gasteiger partial charge in [0.15, 0.2) is 0 Å². The highest BCUT2D eigenvalue weighted by Gasteiger charge is 2.72. The summed E-state index contributed by atoms with van der Waals surface area (Å²) in [6.45, 7) is 8.35. The topological polar surface area (TPSA) is 32.8 Å². The minimum Gasteiger partial charge on any atom is -0.260 e. The molecule has 2 aliphatic rings. The lowest BCUT2D eigenvalue weighted by molar-refractivity contribution is 0.0311. The molecule has 0 amide bonds. The maximum atomic E-state index is 14.9. The Hall–Kier alpha value is -1.76. The zero-order valence-electron chi connectivity index (χ0n) is 15.0. The predicted octanol–water partition coefficient (Wildman–Crippen LogP) is 4.75. The van der Waals surface area contributed by atoms with Crippen LogP contribution in [0.2, 0.25) is 0 Å². The molecule has 1 aromatic carbocycles. The third-order valence-corrected chi connectivity index (χ3v) is 6.96. The van der Waals surface area contributed by atoms with Crippen molar-refractivity contribution in [3.8, 4) is 0 Å². The van der Waals surface area contributed by atoms with Crippen molar-refractivity contribution in [1.29, 1.82) is 0 Å². The Kier molecular flexibility index (Phi) is 2.99. The van der Waals surface area contributed by atoms with Gasteiger partial charge in [0.25, 0.3) is 0 Å². The first kappa shape index (κ1) is 16.4.